The van der Waals surface area contributed by atoms with Crippen molar-refractivity contribution in [2.24, 2.45) is 28.8 Å². The van der Waals surface area contributed by atoms with E-state index in [1.807, 2.05) is 25.9 Å². The highest BCUT2D eigenvalue weighted by Crippen LogP contribution is 2.42. The Morgan fingerprint density at radius 3 is 2.25 bits per heavy atom. The minimum Gasteiger partial charge on any atom is -0.477 e. The van der Waals surface area contributed by atoms with Gasteiger partial charge >= 0.3 is 11.9 Å². The molecule has 0 spiro atoms. The number of cyclic esters (lactones) is 1. The van der Waals surface area contributed by atoms with Gasteiger partial charge in [-0.3, -0.25) is 13.8 Å². The molecule has 2 aromatic rings. The minimum absolute atomic E-state index is 0.0248. The van der Waals surface area contributed by atoms with Gasteiger partial charge in [-0.1, -0.05) is 38.9 Å². The van der Waals surface area contributed by atoms with Crippen molar-refractivity contribution in [1.29, 1.82) is 0 Å². The van der Waals surface area contributed by atoms with Crippen molar-refractivity contribution in [1.82, 2.24) is 14.9 Å². The first-order valence-electron chi connectivity index (χ1n) is 27.5. The monoisotopic (exact) mass is 1160 g/mol. The molecular formula is C55H90N4O20S. The van der Waals surface area contributed by atoms with Crippen LogP contribution in [-0.2, 0) is 63.5 Å². The summed E-state index contributed by atoms with van der Waals surface area (Å²) in [5.41, 5.74) is -4.89. The van der Waals surface area contributed by atoms with Crippen LogP contribution in [0.15, 0.2) is 34.3 Å². The number of carboxylic acid groups (broad SMARTS) is 1. The quantitative estimate of drug-likeness (QED) is 0.0344. The van der Waals surface area contributed by atoms with Crippen LogP contribution in [0.4, 0.5) is 0 Å². The maximum absolute atomic E-state index is 14.6. The topological polar surface area (TPSA) is 311 Å². The van der Waals surface area contributed by atoms with Gasteiger partial charge in [0, 0.05) is 51.0 Å². The first-order chi connectivity index (χ1) is 37.4. The zero-order chi connectivity index (χ0) is 59.8. The molecule has 6 N–H and O–H groups in total. The molecule has 1 aromatic heterocycles. The highest BCUT2D eigenvalue weighted by atomic mass is 32.2. The molecule has 456 valence electrons. The fourth-order valence-corrected chi connectivity index (χ4v) is 12.8. The number of nitrogens with zero attached hydrogens (tertiary/aromatic N) is 3. The number of aromatic nitrogens is 1. The SMILES string of the molecule is CC[C@H]1OC(=O)[C@H](C)[C@@H](O[C@H]2C[C@@](C)(OC)[C@@H](OS(=O)(=O)CCNCCCc3ccc4c(c3)c(=O)c(C(=O)O)cn4OC)[C@H](C)O2)[C@H](C)[C@@H](O[C@@H]2O[C@H](C)CC(N(C)C)[C@H]2O)[C@](C)(O)C[C@@H](C)/C(=N\OCOC)[C@H](C)[C@@H](O)[C@]1(C)O. The van der Waals surface area contributed by atoms with Crippen molar-refractivity contribution < 1.29 is 90.6 Å². The summed E-state index contributed by atoms with van der Waals surface area (Å²) in [5.74, 6) is -6.37. The van der Waals surface area contributed by atoms with Gasteiger partial charge in [-0.15, -0.1) is 0 Å². The number of aryl methyl sites for hydroxylation is 1. The van der Waals surface area contributed by atoms with Crippen LogP contribution in [0.5, 0.6) is 0 Å². The lowest BCUT2D eigenvalue weighted by Crippen LogP contribution is -2.61. The lowest BCUT2D eigenvalue weighted by Gasteiger charge is -2.49. The molecule has 0 radical (unpaired) electrons. The number of hydrogen-bond donors (Lipinski definition) is 6. The number of rotatable bonds is 21. The maximum Gasteiger partial charge on any atom is 0.341 e. The highest BCUT2D eigenvalue weighted by molar-refractivity contribution is 7.86. The number of benzene rings is 1. The molecule has 3 saturated heterocycles. The van der Waals surface area contributed by atoms with Crippen LogP contribution < -0.4 is 15.6 Å². The molecule has 5 rings (SSSR count). The van der Waals surface area contributed by atoms with E-state index in [0.717, 1.165) is 11.8 Å². The van der Waals surface area contributed by atoms with Crippen LogP contribution in [0, 0.1) is 23.7 Å². The van der Waals surface area contributed by atoms with E-state index in [1.165, 1.54) is 33.0 Å². The Bertz CT molecular complexity index is 2580. The van der Waals surface area contributed by atoms with E-state index in [1.54, 1.807) is 73.6 Å². The number of aliphatic hydroxyl groups excluding tert-OH is 2. The Hall–Kier alpha value is -3.93. The van der Waals surface area contributed by atoms with Crippen molar-refractivity contribution in [3.8, 4) is 0 Å². The number of aromatic carboxylic acids is 1. The largest absolute Gasteiger partial charge is 0.477 e. The fraction of sp³-hybridized carbons (Fsp3) is 0.782. The summed E-state index contributed by atoms with van der Waals surface area (Å²) in [6.07, 6.45) is -9.04. The molecule has 3 aliphatic rings. The lowest BCUT2D eigenvalue weighted by molar-refractivity contribution is -0.316. The molecule has 3 fully saturated rings. The molecule has 24 nitrogen and oxygen atoms in total. The first-order valence-corrected chi connectivity index (χ1v) is 29.1. The molecule has 1 unspecified atom stereocenters. The van der Waals surface area contributed by atoms with Crippen molar-refractivity contribution in [2.75, 3.05) is 61.1 Å². The lowest BCUT2D eigenvalue weighted by atomic mass is 9.73. The standard InChI is InChI=1S/C55H90N4O20S/c1-16-41-55(10,67)47(62)32(4)43(57-73-29-70-13)30(2)26-53(8,66)48(78-52-45(61)40(58(11)12)24-31(3)74-52)33(5)46(34(6)51(65)76-41)77-42-27-54(9,71-14)49(35(7)75-42)79-80(68,69)23-22-56-21-17-18-36-19-20-39-37(25-36)44(60)38(50(63)64)28-59(39)72-15/h19-20,25,28,30-35,40-42,45-49,52,56,61-62,66-67H,16-18,21-24,26-27,29H2,1-15H3,(H,63,64)/b57-43+/t30-,31-,32+,33+,34-,35+,40?,41-,42+,45-,46+,47-,48-,49+,52+,53-,54-,55-/m1/s1. The molecule has 0 saturated carbocycles. The summed E-state index contributed by atoms with van der Waals surface area (Å²) < 4.78 is 78.1. The summed E-state index contributed by atoms with van der Waals surface area (Å²) in [5, 5.41) is 65.9. The van der Waals surface area contributed by atoms with Crippen LogP contribution in [0.1, 0.15) is 117 Å². The highest BCUT2D eigenvalue weighted by Gasteiger charge is 2.54. The molecule has 1 aromatic carbocycles. The van der Waals surface area contributed by atoms with Crippen molar-refractivity contribution in [2.45, 2.75) is 192 Å². The van der Waals surface area contributed by atoms with Gasteiger partial charge < -0.3 is 78.6 Å². The number of esters is 1. The first kappa shape index (κ1) is 66.9. The van der Waals surface area contributed by atoms with E-state index in [2.05, 4.69) is 10.5 Å². The van der Waals surface area contributed by atoms with Gasteiger partial charge in [0.25, 0.3) is 10.1 Å². The van der Waals surface area contributed by atoms with Gasteiger partial charge in [0.05, 0.1) is 76.2 Å². The maximum atomic E-state index is 14.6. The van der Waals surface area contributed by atoms with E-state index in [9.17, 15) is 48.3 Å². The van der Waals surface area contributed by atoms with E-state index >= 15 is 0 Å². The number of fused-ring (bicyclic) bond motifs is 1. The van der Waals surface area contributed by atoms with E-state index in [4.69, 9.17) is 47.0 Å². The molecular weight excluding hydrogens is 1070 g/mol. The number of ether oxygens (including phenoxy) is 7. The van der Waals surface area contributed by atoms with Crippen molar-refractivity contribution >= 4 is 38.7 Å². The number of carboxylic acids is 1. The number of carbonyl (C=O) groups is 2. The van der Waals surface area contributed by atoms with Gasteiger partial charge in [0.15, 0.2) is 12.6 Å². The zero-order valence-corrected chi connectivity index (χ0v) is 50.0. The second-order valence-electron chi connectivity index (χ2n) is 22.8. The average molecular weight is 1160 g/mol. The number of methoxy groups -OCH3 is 2. The second-order valence-corrected chi connectivity index (χ2v) is 24.6. The molecule has 18 atom stereocenters. The predicted molar refractivity (Wildman–Crippen MR) is 293 cm³/mol. The number of pyridine rings is 1. The van der Waals surface area contributed by atoms with E-state index in [0.29, 0.717) is 31.3 Å². The Morgan fingerprint density at radius 1 is 0.950 bits per heavy atom. The normalized spacial score (nSPS) is 36.6. The van der Waals surface area contributed by atoms with Gasteiger partial charge in [-0.2, -0.15) is 13.1 Å². The smallest absolute Gasteiger partial charge is 0.341 e. The number of aliphatic hydroxyl groups is 4. The van der Waals surface area contributed by atoms with E-state index in [-0.39, 0.29) is 49.8 Å². The van der Waals surface area contributed by atoms with Crippen LogP contribution in [0.2, 0.25) is 0 Å². The predicted octanol–water partition coefficient (Wildman–Crippen LogP) is 2.84. The molecule has 0 aliphatic carbocycles. The number of oxime groups is 1. The molecule has 4 heterocycles. The number of likely N-dealkylation sites (N-methyl/N-ethyl adjacent to an activating group) is 1. The Balaban J connectivity index is 1.39. The fourth-order valence-electron chi connectivity index (χ4n) is 11.7. The van der Waals surface area contributed by atoms with Gasteiger partial charge in [0.1, 0.15) is 36.6 Å². The molecule has 80 heavy (non-hydrogen) atoms. The second kappa shape index (κ2) is 28.1. The number of carbonyl (C=O) groups excluding carboxylic acids is 1. The minimum atomic E-state index is -4.23. The van der Waals surface area contributed by atoms with Gasteiger partial charge in [-0.25, -0.2) is 4.79 Å². The summed E-state index contributed by atoms with van der Waals surface area (Å²) in [7, 11) is 3.61. The summed E-state index contributed by atoms with van der Waals surface area (Å²) in [4.78, 5) is 51.9. The summed E-state index contributed by atoms with van der Waals surface area (Å²) in [6, 6.07) is 4.70. The Labute approximate surface area is 470 Å². The summed E-state index contributed by atoms with van der Waals surface area (Å²) >= 11 is 0. The van der Waals surface area contributed by atoms with Gasteiger partial charge in [0.2, 0.25) is 12.2 Å². The van der Waals surface area contributed by atoms with Crippen LogP contribution in [0.3, 0.4) is 0 Å². The van der Waals surface area contributed by atoms with Crippen molar-refractivity contribution in [3.05, 3.63) is 45.7 Å². The van der Waals surface area contributed by atoms with Crippen molar-refractivity contribution in [3.63, 3.8) is 0 Å². The van der Waals surface area contributed by atoms with Crippen LogP contribution >= 0.6 is 0 Å². The summed E-state index contributed by atoms with van der Waals surface area (Å²) in [6.45, 7) is 16.6. The third-order valence-corrected chi connectivity index (χ3v) is 17.4. The van der Waals surface area contributed by atoms with Crippen LogP contribution in [0.25, 0.3) is 10.9 Å². The van der Waals surface area contributed by atoms with E-state index < -0.39 is 141 Å². The number of hydrogen-bond acceptors (Lipinski definition) is 22. The third-order valence-electron chi connectivity index (χ3n) is 16.2. The molecule has 3 aliphatic heterocycles. The average Bonchev–Trinajstić information content (AvgIpc) is 3.42. The Kier molecular flexibility index (Phi) is 23.5. The van der Waals surface area contributed by atoms with Gasteiger partial charge in [-0.05, 0) is 112 Å². The number of nitrogens with one attached hydrogen (secondary N) is 1. The molecule has 0 bridgehead atoms. The Morgan fingerprint density at radius 2 is 1.64 bits per heavy atom. The zero-order valence-electron chi connectivity index (χ0n) is 49.2. The van der Waals surface area contributed by atoms with Crippen LogP contribution in [-0.4, -0.2) is 207 Å². The molecule has 0 amide bonds. The molecule has 25 heteroatoms. The third kappa shape index (κ3) is 15.8.